The van der Waals surface area contributed by atoms with Gasteiger partial charge in [0, 0.05) is 16.3 Å². The van der Waals surface area contributed by atoms with Crippen LogP contribution >= 0.6 is 0 Å². The van der Waals surface area contributed by atoms with Crippen LogP contribution in [0.2, 0.25) is 0 Å². The van der Waals surface area contributed by atoms with E-state index in [0.717, 1.165) is 33.3 Å². The van der Waals surface area contributed by atoms with Crippen molar-refractivity contribution < 1.29 is 9.47 Å². The Morgan fingerprint density at radius 3 is 2.59 bits per heavy atom. The van der Waals surface area contributed by atoms with Gasteiger partial charge in [0.05, 0.1) is 19.7 Å². The van der Waals surface area contributed by atoms with Crippen molar-refractivity contribution in [3.8, 4) is 11.5 Å². The maximum Gasteiger partial charge on any atom is 0.128 e. The average Bonchev–Trinajstić information content (AvgIpc) is 2.75. The fourth-order valence-corrected chi connectivity index (χ4v) is 2.19. The van der Waals surface area contributed by atoms with Gasteiger partial charge in [0.2, 0.25) is 0 Å². The van der Waals surface area contributed by atoms with Gasteiger partial charge in [0.25, 0.3) is 0 Å². The molecule has 0 saturated carbocycles. The normalized spacial score (nSPS) is 10.9. The molecule has 0 bridgehead atoms. The molecule has 3 rings (SSSR count). The van der Waals surface area contributed by atoms with Gasteiger partial charge >= 0.3 is 0 Å². The first-order valence-corrected chi connectivity index (χ1v) is 5.46. The first-order valence-electron chi connectivity index (χ1n) is 5.46. The van der Waals surface area contributed by atoms with Crippen molar-refractivity contribution in [2.45, 2.75) is 0 Å². The number of aromatic amines is 1. The van der Waals surface area contributed by atoms with Crippen LogP contribution in [-0.4, -0.2) is 19.2 Å². The molecule has 86 valence electrons. The molecule has 3 aromatic rings. The van der Waals surface area contributed by atoms with E-state index in [9.17, 15) is 0 Å². The lowest BCUT2D eigenvalue weighted by molar-refractivity contribution is 0.415. The third-order valence-electron chi connectivity index (χ3n) is 3.01. The van der Waals surface area contributed by atoms with Crippen molar-refractivity contribution in [2.75, 3.05) is 14.2 Å². The van der Waals surface area contributed by atoms with Crippen LogP contribution in [0.5, 0.6) is 11.5 Å². The van der Waals surface area contributed by atoms with Crippen molar-refractivity contribution >= 4 is 21.8 Å². The van der Waals surface area contributed by atoms with Gasteiger partial charge in [-0.3, -0.25) is 0 Å². The summed E-state index contributed by atoms with van der Waals surface area (Å²) in [5.41, 5.74) is 2.16. The molecule has 3 heteroatoms. The van der Waals surface area contributed by atoms with E-state index in [4.69, 9.17) is 9.47 Å². The zero-order valence-corrected chi connectivity index (χ0v) is 9.78. The number of methoxy groups -OCH3 is 2. The van der Waals surface area contributed by atoms with Crippen molar-refractivity contribution in [3.05, 3.63) is 36.4 Å². The Kier molecular flexibility index (Phi) is 2.18. The smallest absolute Gasteiger partial charge is 0.128 e. The lowest BCUT2D eigenvalue weighted by Crippen LogP contribution is -1.83. The Labute approximate surface area is 99.0 Å². The minimum Gasteiger partial charge on any atom is -0.497 e. The largest absolute Gasteiger partial charge is 0.497 e. The summed E-state index contributed by atoms with van der Waals surface area (Å²) < 4.78 is 10.7. The van der Waals surface area contributed by atoms with Crippen molar-refractivity contribution in [1.82, 2.24) is 4.98 Å². The Bertz CT molecular complexity index is 685. The van der Waals surface area contributed by atoms with Crippen molar-refractivity contribution in [2.24, 2.45) is 0 Å². The molecule has 0 atom stereocenters. The second-order valence-electron chi connectivity index (χ2n) is 3.92. The molecule has 0 saturated heterocycles. The van der Waals surface area contributed by atoms with E-state index in [0.29, 0.717) is 0 Å². The molecule has 1 aromatic heterocycles. The van der Waals surface area contributed by atoms with Gasteiger partial charge in [0.1, 0.15) is 11.5 Å². The summed E-state index contributed by atoms with van der Waals surface area (Å²) in [5.74, 6) is 1.73. The van der Waals surface area contributed by atoms with Crippen LogP contribution < -0.4 is 9.47 Å². The van der Waals surface area contributed by atoms with Crippen LogP contribution in [0.15, 0.2) is 36.4 Å². The Hall–Kier alpha value is -2.16. The molecule has 1 N–H and O–H groups in total. The molecule has 0 aliphatic carbocycles. The van der Waals surface area contributed by atoms with Crippen molar-refractivity contribution in [1.29, 1.82) is 0 Å². The summed E-state index contributed by atoms with van der Waals surface area (Å²) in [7, 11) is 3.36. The fourth-order valence-electron chi connectivity index (χ4n) is 2.19. The van der Waals surface area contributed by atoms with Crippen LogP contribution in [0, 0.1) is 0 Å². The Balaban J connectivity index is 2.46. The molecule has 1 heterocycles. The first kappa shape index (κ1) is 10.0. The Morgan fingerprint density at radius 1 is 0.941 bits per heavy atom. The monoisotopic (exact) mass is 227 g/mol. The average molecular weight is 227 g/mol. The maximum absolute atomic E-state index is 5.41. The lowest BCUT2D eigenvalue weighted by atomic mass is 10.1. The zero-order valence-electron chi connectivity index (χ0n) is 9.78. The van der Waals surface area contributed by atoms with E-state index in [1.807, 2.05) is 36.4 Å². The third kappa shape index (κ3) is 1.43. The molecular weight excluding hydrogens is 214 g/mol. The molecule has 0 unspecified atom stereocenters. The number of benzene rings is 2. The lowest BCUT2D eigenvalue weighted by Gasteiger charge is -2.02. The summed E-state index contributed by atoms with van der Waals surface area (Å²) >= 11 is 0. The SMILES string of the molecule is COc1ccc2[nH]c3cccc(OC)c3c2c1. The topological polar surface area (TPSA) is 34.2 Å². The summed E-state index contributed by atoms with van der Waals surface area (Å²) in [4.78, 5) is 3.37. The molecule has 2 aromatic carbocycles. The highest BCUT2D eigenvalue weighted by atomic mass is 16.5. The number of hydrogen-bond donors (Lipinski definition) is 1. The second kappa shape index (κ2) is 3.70. The van der Waals surface area contributed by atoms with Gasteiger partial charge in [-0.15, -0.1) is 0 Å². The van der Waals surface area contributed by atoms with Gasteiger partial charge in [-0.25, -0.2) is 0 Å². The maximum atomic E-state index is 5.41. The molecule has 0 aliphatic rings. The molecule has 0 radical (unpaired) electrons. The van der Waals surface area contributed by atoms with Gasteiger partial charge in [-0.2, -0.15) is 0 Å². The first-order chi connectivity index (χ1) is 8.33. The number of aromatic nitrogens is 1. The highest BCUT2D eigenvalue weighted by Crippen LogP contribution is 2.34. The number of hydrogen-bond acceptors (Lipinski definition) is 2. The van der Waals surface area contributed by atoms with Gasteiger partial charge in [-0.1, -0.05) is 6.07 Å². The van der Waals surface area contributed by atoms with Gasteiger partial charge in [-0.05, 0) is 30.3 Å². The van der Waals surface area contributed by atoms with E-state index < -0.39 is 0 Å². The van der Waals surface area contributed by atoms with Crippen LogP contribution in [0.25, 0.3) is 21.8 Å². The van der Waals surface area contributed by atoms with Crippen LogP contribution in [0.3, 0.4) is 0 Å². The molecular formula is C14H13NO2. The minimum atomic E-state index is 0.851. The standard InChI is InChI=1S/C14H13NO2/c1-16-9-6-7-11-10(8-9)14-12(15-11)4-3-5-13(14)17-2/h3-8,15H,1-2H3. The summed E-state index contributed by atoms with van der Waals surface area (Å²) in [6.45, 7) is 0. The molecule has 17 heavy (non-hydrogen) atoms. The Morgan fingerprint density at radius 2 is 1.82 bits per heavy atom. The number of ether oxygens (including phenoxy) is 2. The van der Waals surface area contributed by atoms with E-state index in [2.05, 4.69) is 4.98 Å². The minimum absolute atomic E-state index is 0.851. The van der Waals surface area contributed by atoms with E-state index in [1.165, 1.54) is 0 Å². The quantitative estimate of drug-likeness (QED) is 0.728. The van der Waals surface area contributed by atoms with E-state index in [1.54, 1.807) is 14.2 Å². The van der Waals surface area contributed by atoms with Crippen molar-refractivity contribution in [3.63, 3.8) is 0 Å². The summed E-state index contributed by atoms with van der Waals surface area (Å²) in [6, 6.07) is 12.0. The summed E-state index contributed by atoms with van der Waals surface area (Å²) in [5, 5.41) is 2.22. The summed E-state index contributed by atoms with van der Waals surface area (Å²) in [6.07, 6.45) is 0. The number of fused-ring (bicyclic) bond motifs is 3. The number of nitrogens with one attached hydrogen (secondary N) is 1. The number of H-pyrrole nitrogens is 1. The molecule has 0 aliphatic heterocycles. The molecule has 3 nitrogen and oxygen atoms in total. The highest BCUT2D eigenvalue weighted by molar-refractivity contribution is 6.10. The zero-order chi connectivity index (χ0) is 11.8. The molecule has 0 spiro atoms. The van der Waals surface area contributed by atoms with Crippen LogP contribution in [-0.2, 0) is 0 Å². The predicted molar refractivity (Wildman–Crippen MR) is 68.9 cm³/mol. The van der Waals surface area contributed by atoms with Gasteiger partial charge in [0.15, 0.2) is 0 Å². The predicted octanol–water partition coefficient (Wildman–Crippen LogP) is 3.34. The third-order valence-corrected chi connectivity index (χ3v) is 3.01. The van der Waals surface area contributed by atoms with E-state index >= 15 is 0 Å². The second-order valence-corrected chi connectivity index (χ2v) is 3.92. The fraction of sp³-hybridized carbons (Fsp3) is 0.143. The molecule has 0 fully saturated rings. The highest BCUT2D eigenvalue weighted by Gasteiger charge is 2.09. The number of rotatable bonds is 2. The molecule has 0 amide bonds. The van der Waals surface area contributed by atoms with Crippen LogP contribution in [0.1, 0.15) is 0 Å². The van der Waals surface area contributed by atoms with Crippen LogP contribution in [0.4, 0.5) is 0 Å². The van der Waals surface area contributed by atoms with Gasteiger partial charge < -0.3 is 14.5 Å². The van der Waals surface area contributed by atoms with E-state index in [-0.39, 0.29) is 0 Å².